The Balaban J connectivity index is 2.44. The summed E-state index contributed by atoms with van der Waals surface area (Å²) in [6.07, 6.45) is 1.62. The number of carbonyl (C=O) groups excluding carboxylic acids is 1. The van der Waals surface area contributed by atoms with Crippen molar-refractivity contribution in [3.05, 3.63) is 0 Å². The molecule has 1 N–H and O–H groups in total. The van der Waals surface area contributed by atoms with E-state index in [1.54, 1.807) is 0 Å². The van der Waals surface area contributed by atoms with Crippen LogP contribution in [0.15, 0.2) is 0 Å². The Kier molecular flexibility index (Phi) is 1.86. The van der Waals surface area contributed by atoms with Crippen LogP contribution in [0.5, 0.6) is 0 Å². The molecule has 1 rings (SSSR count). The second-order valence-corrected chi connectivity index (χ2v) is 3.34. The lowest BCUT2D eigenvalue weighted by Gasteiger charge is -2.10. The van der Waals surface area contributed by atoms with Crippen molar-refractivity contribution in [3.63, 3.8) is 0 Å². The molecule has 60 valence electrons. The van der Waals surface area contributed by atoms with Gasteiger partial charge >= 0.3 is 0 Å². The number of rotatable bonds is 2. The van der Waals surface area contributed by atoms with Gasteiger partial charge in [0.1, 0.15) is 5.54 Å². The monoisotopic (exact) mass is 152 g/mol. The average molecular weight is 152 g/mol. The van der Waals surface area contributed by atoms with Gasteiger partial charge in [0, 0.05) is 5.92 Å². The molecular weight excluding hydrogens is 140 g/mol. The Hall–Kier alpha value is -1.04. The smallest absolute Gasteiger partial charge is 0.223 e. The average Bonchev–Trinajstić information content (AvgIpc) is 2.69. The van der Waals surface area contributed by atoms with Gasteiger partial charge in [-0.3, -0.25) is 4.79 Å². The Morgan fingerprint density at radius 3 is 2.45 bits per heavy atom. The Morgan fingerprint density at radius 2 is 2.18 bits per heavy atom. The van der Waals surface area contributed by atoms with Gasteiger partial charge in [-0.25, -0.2) is 0 Å². The lowest BCUT2D eigenvalue weighted by molar-refractivity contribution is -0.124. The van der Waals surface area contributed by atoms with Crippen LogP contribution in [0, 0.1) is 17.2 Å². The quantitative estimate of drug-likeness (QED) is 0.636. The van der Waals surface area contributed by atoms with Crippen LogP contribution < -0.4 is 5.32 Å². The number of nitrogens with one attached hydrogen (secondary N) is 1. The molecule has 1 saturated carbocycles. The van der Waals surface area contributed by atoms with E-state index in [2.05, 4.69) is 11.4 Å². The summed E-state index contributed by atoms with van der Waals surface area (Å²) in [7, 11) is 0. The summed E-state index contributed by atoms with van der Waals surface area (Å²) >= 11 is 0. The lowest BCUT2D eigenvalue weighted by atomic mass is 10.2. The minimum atomic E-state index is -0.499. The van der Waals surface area contributed by atoms with E-state index >= 15 is 0 Å². The van der Waals surface area contributed by atoms with Crippen molar-refractivity contribution in [1.29, 1.82) is 5.26 Å². The van der Waals surface area contributed by atoms with Crippen molar-refractivity contribution in [3.8, 4) is 6.07 Å². The highest BCUT2D eigenvalue weighted by molar-refractivity contribution is 5.79. The molecule has 0 saturated heterocycles. The van der Waals surface area contributed by atoms with Crippen molar-refractivity contribution >= 4 is 5.91 Å². The molecule has 0 aromatic rings. The van der Waals surface area contributed by atoms with E-state index in [0.29, 0.717) is 0 Å². The van der Waals surface area contributed by atoms with Gasteiger partial charge in [0.15, 0.2) is 0 Å². The molecular formula is C8H12N2O. The topological polar surface area (TPSA) is 52.9 Å². The predicted molar refractivity (Wildman–Crippen MR) is 40.6 cm³/mol. The van der Waals surface area contributed by atoms with Crippen LogP contribution in [-0.2, 0) is 4.79 Å². The fourth-order valence-electron chi connectivity index (χ4n) is 0.770. The molecule has 0 bridgehead atoms. The molecule has 0 aromatic carbocycles. The van der Waals surface area contributed by atoms with Gasteiger partial charge in [0.2, 0.25) is 5.91 Å². The van der Waals surface area contributed by atoms with Crippen molar-refractivity contribution in [2.45, 2.75) is 32.2 Å². The molecule has 0 spiro atoms. The Labute approximate surface area is 66.4 Å². The third-order valence-corrected chi connectivity index (χ3v) is 1.85. The molecule has 3 nitrogen and oxygen atoms in total. The van der Waals surface area contributed by atoms with Gasteiger partial charge in [0.25, 0.3) is 0 Å². The van der Waals surface area contributed by atoms with Crippen LogP contribution >= 0.6 is 0 Å². The maximum atomic E-state index is 11.1. The molecule has 0 aliphatic heterocycles. The molecule has 1 aliphatic rings. The van der Waals surface area contributed by atoms with Crippen LogP contribution in [0.4, 0.5) is 0 Å². The van der Waals surface area contributed by atoms with E-state index in [0.717, 1.165) is 12.8 Å². The SMILES string of the molecule is CC(C)C(=O)NC1(C#N)CC1. The Bertz CT molecular complexity index is 211. The van der Waals surface area contributed by atoms with E-state index < -0.39 is 5.54 Å². The first-order chi connectivity index (χ1) is 5.09. The maximum Gasteiger partial charge on any atom is 0.223 e. The second-order valence-electron chi connectivity index (χ2n) is 3.34. The Morgan fingerprint density at radius 1 is 1.64 bits per heavy atom. The number of nitrogens with zero attached hydrogens (tertiary/aromatic N) is 1. The number of hydrogen-bond acceptors (Lipinski definition) is 2. The van der Waals surface area contributed by atoms with Gasteiger partial charge in [0.05, 0.1) is 6.07 Å². The number of amides is 1. The molecule has 3 heteroatoms. The minimum Gasteiger partial charge on any atom is -0.338 e. The zero-order valence-corrected chi connectivity index (χ0v) is 6.85. The van der Waals surface area contributed by atoms with E-state index in [1.165, 1.54) is 0 Å². The van der Waals surface area contributed by atoms with Crippen LogP contribution in [-0.4, -0.2) is 11.4 Å². The van der Waals surface area contributed by atoms with Crippen molar-refractivity contribution in [1.82, 2.24) is 5.32 Å². The van der Waals surface area contributed by atoms with Gasteiger partial charge < -0.3 is 5.32 Å². The lowest BCUT2D eigenvalue weighted by Crippen LogP contribution is -2.38. The summed E-state index contributed by atoms with van der Waals surface area (Å²) < 4.78 is 0. The zero-order chi connectivity index (χ0) is 8.48. The minimum absolute atomic E-state index is 0.0240. The highest BCUT2D eigenvalue weighted by Gasteiger charge is 2.44. The summed E-state index contributed by atoms with van der Waals surface area (Å²) in [5.74, 6) is -0.0510. The van der Waals surface area contributed by atoms with Crippen LogP contribution in [0.2, 0.25) is 0 Å². The molecule has 1 amide bonds. The molecule has 1 aliphatic carbocycles. The molecule has 0 heterocycles. The second kappa shape index (κ2) is 2.54. The zero-order valence-electron chi connectivity index (χ0n) is 6.85. The first kappa shape index (κ1) is 8.06. The molecule has 0 radical (unpaired) electrons. The molecule has 0 unspecified atom stereocenters. The van der Waals surface area contributed by atoms with Crippen molar-refractivity contribution in [2.75, 3.05) is 0 Å². The fourth-order valence-corrected chi connectivity index (χ4v) is 0.770. The van der Waals surface area contributed by atoms with E-state index in [-0.39, 0.29) is 11.8 Å². The van der Waals surface area contributed by atoms with E-state index in [1.807, 2.05) is 13.8 Å². The number of carbonyl (C=O) groups is 1. The first-order valence-electron chi connectivity index (χ1n) is 3.83. The summed E-state index contributed by atoms with van der Waals surface area (Å²) in [6, 6.07) is 2.11. The molecule has 0 aromatic heterocycles. The van der Waals surface area contributed by atoms with Gasteiger partial charge in [-0.2, -0.15) is 5.26 Å². The normalized spacial score (nSPS) is 19.1. The van der Waals surface area contributed by atoms with Crippen LogP contribution in [0.3, 0.4) is 0 Å². The van der Waals surface area contributed by atoms with E-state index in [4.69, 9.17) is 5.26 Å². The van der Waals surface area contributed by atoms with Gasteiger partial charge in [-0.1, -0.05) is 13.8 Å². The number of hydrogen-bond donors (Lipinski definition) is 1. The highest BCUT2D eigenvalue weighted by atomic mass is 16.2. The fraction of sp³-hybridized carbons (Fsp3) is 0.750. The van der Waals surface area contributed by atoms with Crippen LogP contribution in [0.25, 0.3) is 0 Å². The summed E-state index contributed by atoms with van der Waals surface area (Å²) in [6.45, 7) is 3.64. The van der Waals surface area contributed by atoms with E-state index in [9.17, 15) is 4.79 Å². The number of nitriles is 1. The summed E-state index contributed by atoms with van der Waals surface area (Å²) in [5.41, 5.74) is -0.499. The van der Waals surface area contributed by atoms with Crippen molar-refractivity contribution < 1.29 is 4.79 Å². The summed E-state index contributed by atoms with van der Waals surface area (Å²) in [4.78, 5) is 11.1. The third-order valence-electron chi connectivity index (χ3n) is 1.85. The highest BCUT2D eigenvalue weighted by Crippen LogP contribution is 2.34. The molecule has 0 atom stereocenters. The largest absolute Gasteiger partial charge is 0.338 e. The van der Waals surface area contributed by atoms with Gasteiger partial charge in [-0.05, 0) is 12.8 Å². The third kappa shape index (κ3) is 1.70. The molecule has 1 fully saturated rings. The maximum absolute atomic E-state index is 11.1. The first-order valence-corrected chi connectivity index (χ1v) is 3.83. The van der Waals surface area contributed by atoms with Crippen molar-refractivity contribution in [2.24, 2.45) is 5.92 Å². The summed E-state index contributed by atoms with van der Waals surface area (Å²) in [5, 5.41) is 11.3. The predicted octanol–water partition coefficient (Wildman–Crippen LogP) is 0.815. The standard InChI is InChI=1S/C8H12N2O/c1-6(2)7(11)10-8(5-9)3-4-8/h6H,3-4H2,1-2H3,(H,10,11). The van der Waals surface area contributed by atoms with Gasteiger partial charge in [-0.15, -0.1) is 0 Å². The molecule has 11 heavy (non-hydrogen) atoms. The van der Waals surface area contributed by atoms with Crippen LogP contribution in [0.1, 0.15) is 26.7 Å².